The van der Waals surface area contributed by atoms with Crippen molar-refractivity contribution in [3.05, 3.63) is 35.9 Å². The molecule has 1 atom stereocenters. The van der Waals surface area contributed by atoms with Crippen LogP contribution in [0.4, 0.5) is 0 Å². The van der Waals surface area contributed by atoms with Crippen LogP contribution in [0.5, 0.6) is 0 Å². The first-order valence-electron chi connectivity index (χ1n) is 6.85. The smallest absolute Gasteiger partial charge is 0.239 e. The number of hydrogen-bond donors (Lipinski definition) is 2. The number of nitrogens with zero attached hydrogens (tertiary/aromatic N) is 1. The topological polar surface area (TPSA) is 69.6 Å². The van der Waals surface area contributed by atoms with Gasteiger partial charge in [0.05, 0.1) is 19.1 Å². The highest BCUT2D eigenvalue weighted by atomic mass is 16.3. The molecule has 1 unspecified atom stereocenters. The van der Waals surface area contributed by atoms with Gasteiger partial charge < -0.3 is 15.3 Å². The Morgan fingerprint density at radius 1 is 1.25 bits per heavy atom. The number of aliphatic hydroxyl groups is 1. The lowest BCUT2D eigenvalue weighted by Gasteiger charge is -2.22. The minimum absolute atomic E-state index is 0.0166. The van der Waals surface area contributed by atoms with Crippen molar-refractivity contribution < 1.29 is 14.7 Å². The predicted octanol–water partition coefficient (Wildman–Crippen LogP) is 1.09. The van der Waals surface area contributed by atoms with E-state index in [0.29, 0.717) is 18.7 Å². The third-order valence-electron chi connectivity index (χ3n) is 3.00. The van der Waals surface area contributed by atoms with Crippen LogP contribution in [0.15, 0.2) is 30.3 Å². The monoisotopic (exact) mass is 278 g/mol. The number of nitrogens with one attached hydrogen (secondary N) is 1. The Kier molecular flexibility index (Phi) is 6.73. The molecule has 5 nitrogen and oxygen atoms in total. The molecule has 0 aromatic heterocycles. The van der Waals surface area contributed by atoms with Crippen LogP contribution < -0.4 is 5.32 Å². The molecule has 0 heterocycles. The number of rotatable bonds is 7. The summed E-state index contributed by atoms with van der Waals surface area (Å²) < 4.78 is 0. The first kappa shape index (κ1) is 16.2. The Bertz CT molecular complexity index is 434. The van der Waals surface area contributed by atoms with E-state index in [9.17, 15) is 14.7 Å². The molecule has 0 aliphatic carbocycles. The number of carbonyl (C=O) groups excluding carboxylic acids is 2. The fourth-order valence-electron chi connectivity index (χ4n) is 1.89. The summed E-state index contributed by atoms with van der Waals surface area (Å²) >= 11 is 0. The largest absolute Gasteiger partial charge is 0.388 e. The first-order chi connectivity index (χ1) is 9.58. The molecule has 1 rings (SSSR count). The Morgan fingerprint density at radius 3 is 2.45 bits per heavy atom. The average Bonchev–Trinajstić information content (AvgIpc) is 2.45. The van der Waals surface area contributed by atoms with Crippen molar-refractivity contribution in [2.75, 3.05) is 19.6 Å². The van der Waals surface area contributed by atoms with Crippen LogP contribution in [0.25, 0.3) is 0 Å². The molecule has 110 valence electrons. The van der Waals surface area contributed by atoms with Crippen LogP contribution in [-0.4, -0.2) is 41.5 Å². The number of hydrogen-bond acceptors (Lipinski definition) is 3. The van der Waals surface area contributed by atoms with Crippen LogP contribution in [0.1, 0.15) is 31.9 Å². The van der Waals surface area contributed by atoms with E-state index < -0.39 is 6.10 Å². The van der Waals surface area contributed by atoms with Crippen molar-refractivity contribution >= 4 is 11.8 Å². The summed E-state index contributed by atoms with van der Waals surface area (Å²) in [5.74, 6) is -0.410. The number of benzene rings is 1. The van der Waals surface area contributed by atoms with Crippen molar-refractivity contribution in [2.24, 2.45) is 0 Å². The molecule has 0 aliphatic heterocycles. The van der Waals surface area contributed by atoms with Gasteiger partial charge in [-0.05, 0) is 19.4 Å². The molecule has 2 amide bonds. The number of carbonyl (C=O) groups is 2. The summed E-state index contributed by atoms with van der Waals surface area (Å²) in [7, 11) is 0. The van der Waals surface area contributed by atoms with Crippen LogP contribution in [0.3, 0.4) is 0 Å². The Hall–Kier alpha value is -1.88. The second-order valence-corrected chi connectivity index (χ2v) is 4.49. The van der Waals surface area contributed by atoms with E-state index >= 15 is 0 Å². The van der Waals surface area contributed by atoms with E-state index in [1.807, 2.05) is 32.0 Å². The van der Waals surface area contributed by atoms with Crippen LogP contribution in [0, 0.1) is 0 Å². The number of amides is 2. The van der Waals surface area contributed by atoms with E-state index in [-0.39, 0.29) is 24.8 Å². The summed E-state index contributed by atoms with van der Waals surface area (Å²) in [4.78, 5) is 25.0. The maximum Gasteiger partial charge on any atom is 0.239 e. The molecule has 5 heteroatoms. The molecular weight excluding hydrogens is 256 g/mol. The molecule has 0 bridgehead atoms. The molecule has 1 aromatic carbocycles. The van der Waals surface area contributed by atoms with Crippen molar-refractivity contribution in [3.63, 3.8) is 0 Å². The van der Waals surface area contributed by atoms with E-state index in [4.69, 9.17) is 0 Å². The third-order valence-corrected chi connectivity index (χ3v) is 3.00. The van der Waals surface area contributed by atoms with Gasteiger partial charge in [-0.25, -0.2) is 0 Å². The summed E-state index contributed by atoms with van der Waals surface area (Å²) in [5, 5.41) is 12.7. The molecule has 0 saturated carbocycles. The molecule has 20 heavy (non-hydrogen) atoms. The van der Waals surface area contributed by atoms with Gasteiger partial charge >= 0.3 is 0 Å². The maximum atomic E-state index is 12.1. The quantitative estimate of drug-likeness (QED) is 0.784. The minimum Gasteiger partial charge on any atom is -0.388 e. The minimum atomic E-state index is -0.841. The Morgan fingerprint density at radius 2 is 1.90 bits per heavy atom. The lowest BCUT2D eigenvalue weighted by molar-refractivity contribution is -0.137. The highest BCUT2D eigenvalue weighted by Crippen LogP contribution is 2.17. The fraction of sp³-hybridized carbons (Fsp3) is 0.467. The fourth-order valence-corrected chi connectivity index (χ4v) is 1.89. The lowest BCUT2D eigenvalue weighted by Crippen LogP contribution is -2.41. The van der Waals surface area contributed by atoms with Gasteiger partial charge in [0.25, 0.3) is 0 Å². The molecule has 1 aromatic rings. The average molecular weight is 278 g/mol. The Labute approximate surface area is 119 Å². The highest BCUT2D eigenvalue weighted by Gasteiger charge is 2.19. The zero-order valence-electron chi connectivity index (χ0n) is 12.0. The molecule has 2 N–H and O–H groups in total. The maximum absolute atomic E-state index is 12.1. The Balaban J connectivity index is 2.57. The van der Waals surface area contributed by atoms with Crippen LogP contribution in [-0.2, 0) is 9.59 Å². The van der Waals surface area contributed by atoms with Gasteiger partial charge in [-0.15, -0.1) is 0 Å². The SMILES string of the molecule is CCNC(=O)CN(CC)C(=O)CC(O)c1ccccc1. The van der Waals surface area contributed by atoms with Crippen LogP contribution in [0.2, 0.25) is 0 Å². The van der Waals surface area contributed by atoms with E-state index in [1.54, 1.807) is 12.1 Å². The van der Waals surface area contributed by atoms with Gasteiger partial charge in [-0.1, -0.05) is 30.3 Å². The molecule has 0 fully saturated rings. The molecular formula is C15H22N2O3. The molecule has 0 saturated heterocycles. The van der Waals surface area contributed by atoms with E-state index in [0.717, 1.165) is 0 Å². The second-order valence-electron chi connectivity index (χ2n) is 4.49. The summed E-state index contributed by atoms with van der Waals surface area (Å²) in [5.41, 5.74) is 0.704. The van der Waals surface area contributed by atoms with Crippen molar-refractivity contribution in [1.29, 1.82) is 0 Å². The molecule has 0 spiro atoms. The zero-order chi connectivity index (χ0) is 15.0. The van der Waals surface area contributed by atoms with Gasteiger partial charge in [0.15, 0.2) is 0 Å². The van der Waals surface area contributed by atoms with Crippen molar-refractivity contribution in [1.82, 2.24) is 10.2 Å². The highest BCUT2D eigenvalue weighted by molar-refractivity contribution is 5.85. The summed E-state index contributed by atoms with van der Waals surface area (Å²) in [6.07, 6.45) is -0.857. The van der Waals surface area contributed by atoms with Gasteiger partial charge in [0.1, 0.15) is 0 Å². The van der Waals surface area contributed by atoms with Crippen molar-refractivity contribution in [3.8, 4) is 0 Å². The predicted molar refractivity (Wildman–Crippen MR) is 77.0 cm³/mol. The standard InChI is InChI=1S/C15H22N2O3/c1-3-16-14(19)11-17(4-2)15(20)10-13(18)12-8-6-5-7-9-12/h5-9,13,18H,3-4,10-11H2,1-2H3,(H,16,19). The van der Waals surface area contributed by atoms with E-state index in [1.165, 1.54) is 4.90 Å². The number of aliphatic hydroxyl groups excluding tert-OH is 1. The van der Waals surface area contributed by atoms with Gasteiger partial charge in [-0.3, -0.25) is 9.59 Å². The molecule has 0 aliphatic rings. The van der Waals surface area contributed by atoms with Gasteiger partial charge in [0, 0.05) is 13.1 Å². The second kappa shape index (κ2) is 8.32. The zero-order valence-corrected chi connectivity index (χ0v) is 12.0. The summed E-state index contributed by atoms with van der Waals surface area (Å²) in [6, 6.07) is 9.03. The van der Waals surface area contributed by atoms with Gasteiger partial charge in [0.2, 0.25) is 11.8 Å². The van der Waals surface area contributed by atoms with Crippen LogP contribution >= 0.6 is 0 Å². The third kappa shape index (κ3) is 5.01. The normalized spacial score (nSPS) is 11.8. The lowest BCUT2D eigenvalue weighted by atomic mass is 10.1. The van der Waals surface area contributed by atoms with Crippen molar-refractivity contribution in [2.45, 2.75) is 26.4 Å². The van der Waals surface area contributed by atoms with E-state index in [2.05, 4.69) is 5.32 Å². The number of likely N-dealkylation sites (N-methyl/N-ethyl adjacent to an activating group) is 2. The first-order valence-corrected chi connectivity index (χ1v) is 6.85. The summed E-state index contributed by atoms with van der Waals surface area (Å²) in [6.45, 7) is 4.65. The van der Waals surface area contributed by atoms with Gasteiger partial charge in [-0.2, -0.15) is 0 Å². The molecule has 0 radical (unpaired) electrons.